The van der Waals surface area contributed by atoms with Gasteiger partial charge >= 0.3 is 0 Å². The summed E-state index contributed by atoms with van der Waals surface area (Å²) in [5.41, 5.74) is 1.84. The fourth-order valence-corrected chi connectivity index (χ4v) is 2.59. The van der Waals surface area contributed by atoms with E-state index in [4.69, 9.17) is 4.74 Å². The molecule has 3 aromatic rings. The molecule has 0 amide bonds. The molecule has 5 nitrogen and oxygen atoms in total. The lowest BCUT2D eigenvalue weighted by atomic mass is 10.3. The number of hydrogen-bond acceptors (Lipinski definition) is 5. The third kappa shape index (κ3) is 4.93. The Morgan fingerprint density at radius 1 is 0.960 bits per heavy atom. The van der Waals surface area contributed by atoms with Gasteiger partial charge in [0.2, 0.25) is 5.95 Å². The van der Waals surface area contributed by atoms with Crippen LogP contribution in [-0.2, 0) is 0 Å². The molecule has 0 spiro atoms. The van der Waals surface area contributed by atoms with Crippen molar-refractivity contribution in [1.82, 2.24) is 9.97 Å². The Morgan fingerprint density at radius 2 is 1.72 bits per heavy atom. The van der Waals surface area contributed by atoms with Crippen molar-refractivity contribution in [2.24, 2.45) is 0 Å². The van der Waals surface area contributed by atoms with Gasteiger partial charge in [0.05, 0.1) is 11.8 Å². The van der Waals surface area contributed by atoms with E-state index in [-0.39, 0.29) is 6.10 Å². The maximum atomic E-state index is 5.64. The van der Waals surface area contributed by atoms with Gasteiger partial charge in [-0.25, -0.2) is 4.98 Å². The van der Waals surface area contributed by atoms with Crippen molar-refractivity contribution in [3.63, 3.8) is 0 Å². The molecule has 0 aliphatic rings. The predicted molar refractivity (Wildman–Crippen MR) is 105 cm³/mol. The van der Waals surface area contributed by atoms with Crippen LogP contribution in [-0.4, -0.2) is 16.1 Å². The van der Waals surface area contributed by atoms with Crippen LogP contribution in [0.15, 0.2) is 65.3 Å². The standard InChI is InChI=1S/C19H19BrN4O/c1-13(2)25-15-9-7-14(8-10-15)22-19-21-12-11-18(24-19)23-17-6-4-3-5-16(17)20/h3-13H,1-2H3,(H2,21,22,23,24). The fraction of sp³-hybridized carbons (Fsp3) is 0.158. The van der Waals surface area contributed by atoms with E-state index in [1.54, 1.807) is 6.20 Å². The van der Waals surface area contributed by atoms with Crippen LogP contribution in [0.4, 0.5) is 23.1 Å². The summed E-state index contributed by atoms with van der Waals surface area (Å²) in [6, 6.07) is 17.4. The van der Waals surface area contributed by atoms with E-state index in [9.17, 15) is 0 Å². The van der Waals surface area contributed by atoms with Crippen LogP contribution in [0.3, 0.4) is 0 Å². The largest absolute Gasteiger partial charge is 0.491 e. The first-order valence-electron chi connectivity index (χ1n) is 7.98. The second-order valence-electron chi connectivity index (χ2n) is 5.69. The highest BCUT2D eigenvalue weighted by atomic mass is 79.9. The zero-order valence-electron chi connectivity index (χ0n) is 14.0. The number of para-hydroxylation sites is 1. The van der Waals surface area contributed by atoms with Crippen LogP contribution in [0.1, 0.15) is 13.8 Å². The number of nitrogens with zero attached hydrogens (tertiary/aromatic N) is 2. The molecule has 0 radical (unpaired) electrons. The summed E-state index contributed by atoms with van der Waals surface area (Å²) >= 11 is 3.52. The molecule has 0 unspecified atom stereocenters. The molecule has 0 aliphatic carbocycles. The molecule has 128 valence electrons. The Labute approximate surface area is 155 Å². The Bertz CT molecular complexity index is 837. The average molecular weight is 399 g/mol. The highest BCUT2D eigenvalue weighted by molar-refractivity contribution is 9.10. The van der Waals surface area contributed by atoms with Crippen LogP contribution in [0.2, 0.25) is 0 Å². The van der Waals surface area contributed by atoms with E-state index in [2.05, 4.69) is 36.5 Å². The monoisotopic (exact) mass is 398 g/mol. The topological polar surface area (TPSA) is 59.1 Å². The van der Waals surface area contributed by atoms with Gasteiger partial charge in [-0.2, -0.15) is 4.98 Å². The molecule has 0 saturated carbocycles. The average Bonchev–Trinajstić information content (AvgIpc) is 2.59. The molecule has 3 rings (SSSR count). The molecule has 0 fully saturated rings. The second-order valence-corrected chi connectivity index (χ2v) is 6.54. The van der Waals surface area contributed by atoms with Crippen molar-refractivity contribution in [2.45, 2.75) is 20.0 Å². The number of aromatic nitrogens is 2. The maximum Gasteiger partial charge on any atom is 0.229 e. The van der Waals surface area contributed by atoms with Gasteiger partial charge in [0.1, 0.15) is 11.6 Å². The SMILES string of the molecule is CC(C)Oc1ccc(Nc2nccc(Nc3ccccc3Br)n2)cc1. The van der Waals surface area contributed by atoms with Gasteiger partial charge in [0.15, 0.2) is 0 Å². The van der Waals surface area contributed by atoms with Gasteiger partial charge < -0.3 is 15.4 Å². The lowest BCUT2D eigenvalue weighted by molar-refractivity contribution is 0.242. The molecular weight excluding hydrogens is 380 g/mol. The third-order valence-electron chi connectivity index (χ3n) is 3.27. The highest BCUT2D eigenvalue weighted by Crippen LogP contribution is 2.25. The minimum absolute atomic E-state index is 0.155. The zero-order chi connectivity index (χ0) is 17.6. The summed E-state index contributed by atoms with van der Waals surface area (Å²) in [7, 11) is 0. The van der Waals surface area contributed by atoms with E-state index in [0.717, 1.165) is 21.6 Å². The number of halogens is 1. The van der Waals surface area contributed by atoms with Crippen LogP contribution in [0.5, 0.6) is 5.75 Å². The van der Waals surface area contributed by atoms with Crippen molar-refractivity contribution in [3.05, 3.63) is 65.3 Å². The Balaban J connectivity index is 1.70. The summed E-state index contributed by atoms with van der Waals surface area (Å²) in [6.07, 6.45) is 1.87. The first kappa shape index (κ1) is 17.2. The number of rotatable bonds is 6. The van der Waals surface area contributed by atoms with Crippen molar-refractivity contribution in [2.75, 3.05) is 10.6 Å². The molecule has 1 aromatic heterocycles. The first-order valence-corrected chi connectivity index (χ1v) is 8.78. The minimum atomic E-state index is 0.155. The smallest absolute Gasteiger partial charge is 0.229 e. The summed E-state index contributed by atoms with van der Waals surface area (Å²) < 4.78 is 6.62. The van der Waals surface area contributed by atoms with Gasteiger partial charge in [-0.3, -0.25) is 0 Å². The van der Waals surface area contributed by atoms with Crippen LogP contribution < -0.4 is 15.4 Å². The maximum absolute atomic E-state index is 5.64. The summed E-state index contributed by atoms with van der Waals surface area (Å²) in [5, 5.41) is 6.47. The second kappa shape index (κ2) is 7.98. The number of benzene rings is 2. The molecule has 0 bridgehead atoms. The summed E-state index contributed by atoms with van der Waals surface area (Å²) in [4.78, 5) is 8.75. The number of anilines is 4. The van der Waals surface area contributed by atoms with E-state index in [1.165, 1.54) is 0 Å². The normalized spacial score (nSPS) is 10.6. The van der Waals surface area contributed by atoms with E-state index < -0.39 is 0 Å². The van der Waals surface area contributed by atoms with Crippen molar-refractivity contribution in [1.29, 1.82) is 0 Å². The van der Waals surface area contributed by atoms with Crippen LogP contribution in [0, 0.1) is 0 Å². The summed E-state index contributed by atoms with van der Waals surface area (Å²) in [6.45, 7) is 4.01. The van der Waals surface area contributed by atoms with Crippen LogP contribution >= 0.6 is 15.9 Å². The van der Waals surface area contributed by atoms with Gasteiger partial charge in [-0.05, 0) is 72.2 Å². The first-order chi connectivity index (χ1) is 12.1. The zero-order valence-corrected chi connectivity index (χ0v) is 15.6. The highest BCUT2D eigenvalue weighted by Gasteiger charge is 2.04. The van der Waals surface area contributed by atoms with Crippen molar-refractivity contribution < 1.29 is 4.74 Å². The van der Waals surface area contributed by atoms with Gasteiger partial charge in [0.25, 0.3) is 0 Å². The molecule has 1 heterocycles. The number of nitrogens with one attached hydrogen (secondary N) is 2. The lowest BCUT2D eigenvalue weighted by Crippen LogP contribution is -2.05. The number of ether oxygens (including phenoxy) is 1. The van der Waals surface area contributed by atoms with E-state index in [1.807, 2.05) is 68.4 Å². The molecule has 0 atom stereocenters. The molecular formula is C19H19BrN4O. The fourth-order valence-electron chi connectivity index (χ4n) is 2.21. The number of hydrogen-bond donors (Lipinski definition) is 2. The third-order valence-corrected chi connectivity index (χ3v) is 3.97. The van der Waals surface area contributed by atoms with E-state index >= 15 is 0 Å². The molecule has 25 heavy (non-hydrogen) atoms. The Hall–Kier alpha value is -2.60. The molecule has 0 aliphatic heterocycles. The lowest BCUT2D eigenvalue weighted by Gasteiger charge is -2.11. The minimum Gasteiger partial charge on any atom is -0.491 e. The Kier molecular flexibility index (Phi) is 5.50. The molecule has 2 N–H and O–H groups in total. The molecule has 2 aromatic carbocycles. The molecule has 6 heteroatoms. The van der Waals surface area contributed by atoms with Crippen molar-refractivity contribution in [3.8, 4) is 5.75 Å². The van der Waals surface area contributed by atoms with Gasteiger partial charge in [-0.1, -0.05) is 12.1 Å². The Morgan fingerprint density at radius 3 is 2.44 bits per heavy atom. The quantitative estimate of drug-likeness (QED) is 0.572. The predicted octanol–water partition coefficient (Wildman–Crippen LogP) is 5.51. The van der Waals surface area contributed by atoms with Gasteiger partial charge in [-0.15, -0.1) is 0 Å². The van der Waals surface area contributed by atoms with E-state index in [0.29, 0.717) is 11.8 Å². The summed E-state index contributed by atoms with van der Waals surface area (Å²) in [5.74, 6) is 2.07. The van der Waals surface area contributed by atoms with Gasteiger partial charge in [0, 0.05) is 16.4 Å². The van der Waals surface area contributed by atoms with Crippen molar-refractivity contribution >= 4 is 39.1 Å². The van der Waals surface area contributed by atoms with Crippen LogP contribution in [0.25, 0.3) is 0 Å². The molecule has 0 saturated heterocycles.